The van der Waals surface area contributed by atoms with E-state index in [4.69, 9.17) is 0 Å². The van der Waals surface area contributed by atoms with E-state index in [2.05, 4.69) is 15.3 Å². The molecule has 3 aromatic rings. The fraction of sp³-hybridized carbons (Fsp3) is 0.412. The highest BCUT2D eigenvalue weighted by atomic mass is 32.1. The minimum atomic E-state index is -0.0697. The Balaban J connectivity index is 1.52. The second-order valence-corrected chi connectivity index (χ2v) is 7.16. The van der Waals surface area contributed by atoms with Gasteiger partial charge >= 0.3 is 0 Å². The molecule has 0 radical (unpaired) electrons. The molecule has 3 heterocycles. The Morgan fingerprint density at radius 3 is 2.88 bits per heavy atom. The van der Waals surface area contributed by atoms with Crippen LogP contribution < -0.4 is 10.9 Å². The summed E-state index contributed by atoms with van der Waals surface area (Å²) in [6.45, 7) is 5.68. The molecular weight excluding hydrogens is 338 g/mol. The maximum atomic E-state index is 12.6. The number of imidazole rings is 1. The number of carbonyl (C=O) groups is 1. The van der Waals surface area contributed by atoms with Crippen LogP contribution in [0.25, 0.3) is 10.2 Å². The van der Waals surface area contributed by atoms with Crippen molar-refractivity contribution in [3.63, 3.8) is 0 Å². The predicted molar refractivity (Wildman–Crippen MR) is 97.8 cm³/mol. The van der Waals surface area contributed by atoms with Gasteiger partial charge in [-0.25, -0.2) is 9.97 Å². The van der Waals surface area contributed by atoms with E-state index in [0.29, 0.717) is 18.5 Å². The van der Waals surface area contributed by atoms with Crippen LogP contribution in [-0.4, -0.2) is 31.6 Å². The highest BCUT2D eigenvalue weighted by Gasteiger charge is 2.12. The molecule has 3 rings (SSSR count). The minimum Gasteiger partial charge on any atom is -0.356 e. The van der Waals surface area contributed by atoms with Crippen molar-refractivity contribution in [3.8, 4) is 0 Å². The lowest BCUT2D eigenvalue weighted by molar-refractivity contribution is -0.121. The van der Waals surface area contributed by atoms with Gasteiger partial charge in [0.2, 0.25) is 5.91 Å². The van der Waals surface area contributed by atoms with Gasteiger partial charge < -0.3 is 9.88 Å². The van der Waals surface area contributed by atoms with Crippen LogP contribution in [0, 0.1) is 13.8 Å². The topological polar surface area (TPSA) is 81.8 Å². The molecule has 0 spiro atoms. The highest BCUT2D eigenvalue weighted by molar-refractivity contribution is 7.18. The Morgan fingerprint density at radius 1 is 1.28 bits per heavy atom. The zero-order valence-electron chi connectivity index (χ0n) is 14.4. The van der Waals surface area contributed by atoms with Gasteiger partial charge in [0, 0.05) is 43.3 Å². The Labute approximate surface area is 149 Å². The van der Waals surface area contributed by atoms with Gasteiger partial charge in [-0.1, -0.05) is 0 Å². The van der Waals surface area contributed by atoms with Crippen molar-refractivity contribution in [2.45, 2.75) is 39.8 Å². The predicted octanol–water partition coefficient (Wildman–Crippen LogP) is 1.87. The Morgan fingerprint density at radius 2 is 2.12 bits per heavy atom. The van der Waals surface area contributed by atoms with E-state index < -0.39 is 0 Å². The number of nitrogens with one attached hydrogen (secondary N) is 1. The van der Waals surface area contributed by atoms with E-state index in [9.17, 15) is 9.59 Å². The summed E-state index contributed by atoms with van der Waals surface area (Å²) >= 11 is 1.53. The summed E-state index contributed by atoms with van der Waals surface area (Å²) in [5, 5.41) is 3.55. The number of hydrogen-bond acceptors (Lipinski definition) is 5. The molecule has 1 amide bonds. The molecule has 3 aromatic heterocycles. The number of fused-ring (bicyclic) bond motifs is 1. The summed E-state index contributed by atoms with van der Waals surface area (Å²) in [4.78, 5) is 34.7. The quantitative estimate of drug-likeness (QED) is 0.653. The number of aromatic nitrogens is 4. The zero-order chi connectivity index (χ0) is 17.8. The van der Waals surface area contributed by atoms with Gasteiger partial charge in [0.05, 0.1) is 18.0 Å². The summed E-state index contributed by atoms with van der Waals surface area (Å²) in [6, 6.07) is 0. The first-order chi connectivity index (χ1) is 12.1. The molecule has 0 aliphatic rings. The standard InChI is InChI=1S/C17H21N5O2S/c1-12-13(2)25-16-15(12)17(24)22(11-20-16)8-4-14(23)19-5-3-7-21-9-6-18-10-21/h6,9-11H,3-5,7-8H2,1-2H3,(H,19,23). The Bertz CT molecular complexity index is 927. The summed E-state index contributed by atoms with van der Waals surface area (Å²) < 4.78 is 3.49. The number of thiophene rings is 1. The van der Waals surface area contributed by atoms with Crippen LogP contribution in [0.5, 0.6) is 0 Å². The van der Waals surface area contributed by atoms with Crippen molar-refractivity contribution in [3.05, 3.63) is 45.8 Å². The lowest BCUT2D eigenvalue weighted by atomic mass is 10.2. The van der Waals surface area contributed by atoms with E-state index in [1.807, 2.05) is 24.6 Å². The van der Waals surface area contributed by atoms with Gasteiger partial charge in [-0.3, -0.25) is 14.2 Å². The largest absolute Gasteiger partial charge is 0.356 e. The Hall–Kier alpha value is -2.48. The summed E-state index contributed by atoms with van der Waals surface area (Å²) in [5.41, 5.74) is 0.913. The second kappa shape index (κ2) is 7.60. The van der Waals surface area contributed by atoms with E-state index in [1.165, 1.54) is 22.2 Å². The van der Waals surface area contributed by atoms with Crippen molar-refractivity contribution in [1.82, 2.24) is 24.4 Å². The molecule has 132 valence electrons. The number of rotatable bonds is 7. The van der Waals surface area contributed by atoms with Crippen molar-refractivity contribution in [1.29, 1.82) is 0 Å². The number of aryl methyl sites for hydroxylation is 4. The molecule has 0 aliphatic carbocycles. The maximum absolute atomic E-state index is 12.6. The van der Waals surface area contributed by atoms with Crippen molar-refractivity contribution < 1.29 is 4.79 Å². The molecule has 0 bridgehead atoms. The molecular formula is C17H21N5O2S. The zero-order valence-corrected chi connectivity index (χ0v) is 15.2. The fourth-order valence-electron chi connectivity index (χ4n) is 2.65. The molecule has 0 saturated heterocycles. The smallest absolute Gasteiger partial charge is 0.262 e. The molecule has 0 saturated carbocycles. The van der Waals surface area contributed by atoms with Crippen molar-refractivity contribution in [2.75, 3.05) is 6.54 Å². The van der Waals surface area contributed by atoms with Crippen LogP contribution in [0.1, 0.15) is 23.3 Å². The summed E-state index contributed by atoms with van der Waals surface area (Å²) in [7, 11) is 0. The van der Waals surface area contributed by atoms with E-state index >= 15 is 0 Å². The SMILES string of the molecule is Cc1sc2ncn(CCC(=O)NCCCn3ccnc3)c(=O)c2c1C. The summed E-state index contributed by atoms with van der Waals surface area (Å²) in [5.74, 6) is -0.0594. The van der Waals surface area contributed by atoms with E-state index in [-0.39, 0.29) is 17.9 Å². The number of amides is 1. The third-order valence-corrected chi connectivity index (χ3v) is 5.33. The first kappa shape index (κ1) is 17.3. The first-order valence-electron chi connectivity index (χ1n) is 8.24. The van der Waals surface area contributed by atoms with Gasteiger partial charge in [0.15, 0.2) is 0 Å². The van der Waals surface area contributed by atoms with Crippen LogP contribution in [0.2, 0.25) is 0 Å². The van der Waals surface area contributed by atoms with Crippen LogP contribution in [0.15, 0.2) is 29.8 Å². The molecule has 0 aliphatic heterocycles. The van der Waals surface area contributed by atoms with Gasteiger partial charge in [0.25, 0.3) is 5.56 Å². The number of carbonyl (C=O) groups excluding carboxylic acids is 1. The van der Waals surface area contributed by atoms with Crippen LogP contribution in [0.3, 0.4) is 0 Å². The molecule has 0 aromatic carbocycles. The maximum Gasteiger partial charge on any atom is 0.262 e. The molecule has 0 unspecified atom stereocenters. The number of nitrogens with zero attached hydrogens (tertiary/aromatic N) is 4. The lowest BCUT2D eigenvalue weighted by Crippen LogP contribution is -2.28. The van der Waals surface area contributed by atoms with E-state index in [1.54, 1.807) is 12.5 Å². The first-order valence-corrected chi connectivity index (χ1v) is 9.05. The highest BCUT2D eigenvalue weighted by Crippen LogP contribution is 2.25. The fourth-order valence-corrected chi connectivity index (χ4v) is 3.64. The van der Waals surface area contributed by atoms with Gasteiger partial charge in [-0.15, -0.1) is 11.3 Å². The third-order valence-electron chi connectivity index (χ3n) is 4.21. The number of hydrogen-bond donors (Lipinski definition) is 1. The normalized spacial score (nSPS) is 11.1. The average Bonchev–Trinajstić information content (AvgIpc) is 3.20. The molecule has 8 heteroatoms. The molecule has 1 N–H and O–H groups in total. The van der Waals surface area contributed by atoms with Gasteiger partial charge in [-0.05, 0) is 25.8 Å². The average molecular weight is 359 g/mol. The van der Waals surface area contributed by atoms with Crippen molar-refractivity contribution in [2.24, 2.45) is 0 Å². The van der Waals surface area contributed by atoms with Gasteiger partial charge in [-0.2, -0.15) is 0 Å². The third kappa shape index (κ3) is 3.96. The molecule has 0 atom stereocenters. The van der Waals surface area contributed by atoms with Crippen LogP contribution >= 0.6 is 11.3 Å². The van der Waals surface area contributed by atoms with Gasteiger partial charge in [0.1, 0.15) is 4.83 Å². The lowest BCUT2D eigenvalue weighted by Gasteiger charge is -2.07. The monoisotopic (exact) mass is 359 g/mol. The molecule has 0 fully saturated rings. The van der Waals surface area contributed by atoms with E-state index in [0.717, 1.165) is 28.2 Å². The second-order valence-electron chi connectivity index (χ2n) is 5.96. The minimum absolute atomic E-state index is 0.0594. The Kier molecular flexibility index (Phi) is 5.28. The van der Waals surface area contributed by atoms with Crippen LogP contribution in [-0.2, 0) is 17.9 Å². The summed E-state index contributed by atoms with van der Waals surface area (Å²) in [6.07, 6.45) is 8.02. The van der Waals surface area contributed by atoms with Crippen molar-refractivity contribution >= 4 is 27.5 Å². The van der Waals surface area contributed by atoms with Crippen LogP contribution in [0.4, 0.5) is 0 Å². The molecule has 7 nitrogen and oxygen atoms in total. The molecule has 25 heavy (non-hydrogen) atoms.